The molecule has 3 unspecified atom stereocenters. The van der Waals surface area contributed by atoms with Gasteiger partial charge in [0.15, 0.2) is 5.82 Å². The second-order valence-corrected chi connectivity index (χ2v) is 6.80. The van der Waals surface area contributed by atoms with Gasteiger partial charge in [0, 0.05) is 5.92 Å². The number of nitrogens with zero attached hydrogens (tertiary/aromatic N) is 2. The average molecular weight is 251 g/mol. The summed E-state index contributed by atoms with van der Waals surface area (Å²) in [7, 11) is 0. The van der Waals surface area contributed by atoms with Gasteiger partial charge in [-0.15, -0.1) is 0 Å². The minimum atomic E-state index is -0.195. The maximum Gasteiger partial charge on any atom is 0.244 e. The first kappa shape index (κ1) is 13.5. The fraction of sp³-hybridized carbons (Fsp3) is 0.857. The van der Waals surface area contributed by atoms with Crippen molar-refractivity contribution in [2.24, 2.45) is 17.1 Å². The van der Waals surface area contributed by atoms with Crippen molar-refractivity contribution in [3.8, 4) is 0 Å². The Morgan fingerprint density at radius 2 is 2.06 bits per heavy atom. The van der Waals surface area contributed by atoms with Crippen molar-refractivity contribution in [3.63, 3.8) is 0 Å². The smallest absolute Gasteiger partial charge is 0.244 e. The van der Waals surface area contributed by atoms with E-state index in [4.69, 9.17) is 10.3 Å². The van der Waals surface area contributed by atoms with Gasteiger partial charge in [0.1, 0.15) is 0 Å². The van der Waals surface area contributed by atoms with E-state index in [0.29, 0.717) is 11.8 Å². The van der Waals surface area contributed by atoms with Gasteiger partial charge in [0.2, 0.25) is 5.89 Å². The summed E-state index contributed by atoms with van der Waals surface area (Å²) in [5.41, 5.74) is 6.09. The van der Waals surface area contributed by atoms with Crippen LogP contribution in [-0.2, 0) is 0 Å². The van der Waals surface area contributed by atoms with E-state index in [1.54, 1.807) is 0 Å². The SMILES string of the molecule is CC1CCCC(c2noc(C(N)C(C)(C)C)n2)C1. The van der Waals surface area contributed by atoms with Crippen LogP contribution in [0, 0.1) is 11.3 Å². The molecule has 0 radical (unpaired) electrons. The van der Waals surface area contributed by atoms with E-state index in [1.165, 1.54) is 25.7 Å². The molecule has 0 saturated heterocycles. The van der Waals surface area contributed by atoms with Crippen LogP contribution in [0.25, 0.3) is 0 Å². The van der Waals surface area contributed by atoms with E-state index < -0.39 is 0 Å². The van der Waals surface area contributed by atoms with E-state index >= 15 is 0 Å². The van der Waals surface area contributed by atoms with E-state index in [9.17, 15) is 0 Å². The summed E-state index contributed by atoms with van der Waals surface area (Å²) >= 11 is 0. The van der Waals surface area contributed by atoms with E-state index in [1.807, 2.05) is 0 Å². The molecule has 0 bridgehead atoms. The molecule has 102 valence electrons. The molecule has 0 aliphatic heterocycles. The van der Waals surface area contributed by atoms with Gasteiger partial charge in [0.05, 0.1) is 6.04 Å². The number of hydrogen-bond acceptors (Lipinski definition) is 4. The lowest BCUT2D eigenvalue weighted by Gasteiger charge is -2.24. The van der Waals surface area contributed by atoms with Crippen LogP contribution in [0.1, 0.15) is 77.1 Å². The Hall–Kier alpha value is -0.900. The first-order valence-electron chi connectivity index (χ1n) is 6.97. The highest BCUT2D eigenvalue weighted by Gasteiger charge is 2.30. The molecule has 4 nitrogen and oxygen atoms in total. The molecule has 18 heavy (non-hydrogen) atoms. The molecule has 1 fully saturated rings. The van der Waals surface area contributed by atoms with Crippen LogP contribution >= 0.6 is 0 Å². The first-order valence-corrected chi connectivity index (χ1v) is 6.97. The Bertz CT molecular complexity index is 394. The highest BCUT2D eigenvalue weighted by Crippen LogP contribution is 2.36. The summed E-state index contributed by atoms with van der Waals surface area (Å²) in [6.45, 7) is 8.56. The van der Waals surface area contributed by atoms with Gasteiger partial charge in [-0.05, 0) is 24.2 Å². The van der Waals surface area contributed by atoms with Gasteiger partial charge < -0.3 is 10.3 Å². The Morgan fingerprint density at radius 1 is 1.33 bits per heavy atom. The molecule has 1 saturated carbocycles. The summed E-state index contributed by atoms with van der Waals surface area (Å²) in [4.78, 5) is 4.53. The van der Waals surface area contributed by atoms with Crippen LogP contribution in [-0.4, -0.2) is 10.1 Å². The summed E-state index contributed by atoms with van der Waals surface area (Å²) < 4.78 is 5.36. The molecule has 1 aromatic heterocycles. The molecule has 2 N–H and O–H groups in total. The summed E-state index contributed by atoms with van der Waals surface area (Å²) in [5, 5.41) is 4.14. The van der Waals surface area contributed by atoms with Crippen LogP contribution in [0.4, 0.5) is 0 Å². The Labute approximate surface area is 109 Å². The molecule has 1 heterocycles. The average Bonchev–Trinajstić information content (AvgIpc) is 2.75. The zero-order chi connectivity index (χ0) is 13.3. The Balaban J connectivity index is 2.10. The van der Waals surface area contributed by atoms with Gasteiger partial charge in [-0.25, -0.2) is 0 Å². The predicted octanol–water partition coefficient (Wildman–Crippen LogP) is 3.41. The fourth-order valence-corrected chi connectivity index (χ4v) is 2.58. The number of aromatic nitrogens is 2. The van der Waals surface area contributed by atoms with Gasteiger partial charge in [-0.3, -0.25) is 0 Å². The highest BCUT2D eigenvalue weighted by molar-refractivity contribution is 5.02. The third-order valence-corrected chi connectivity index (χ3v) is 3.96. The third kappa shape index (κ3) is 2.91. The lowest BCUT2D eigenvalue weighted by Crippen LogP contribution is -2.26. The monoisotopic (exact) mass is 251 g/mol. The quantitative estimate of drug-likeness (QED) is 0.874. The minimum absolute atomic E-state index is 0.0519. The standard InChI is InChI=1S/C14H25N3O/c1-9-6-5-7-10(8-9)12-16-13(18-17-12)11(15)14(2,3)4/h9-11H,5-8,15H2,1-4H3. The zero-order valence-electron chi connectivity index (χ0n) is 11.9. The number of rotatable bonds is 2. The van der Waals surface area contributed by atoms with Gasteiger partial charge >= 0.3 is 0 Å². The largest absolute Gasteiger partial charge is 0.338 e. The molecule has 0 spiro atoms. The van der Waals surface area contributed by atoms with E-state index in [0.717, 1.165) is 11.7 Å². The fourth-order valence-electron chi connectivity index (χ4n) is 2.58. The molecular formula is C14H25N3O. The second kappa shape index (κ2) is 5.00. The maximum atomic E-state index is 6.15. The minimum Gasteiger partial charge on any atom is -0.338 e. The molecule has 1 aliphatic carbocycles. The highest BCUT2D eigenvalue weighted by atomic mass is 16.5. The van der Waals surface area contributed by atoms with Gasteiger partial charge in [-0.1, -0.05) is 45.7 Å². The first-order chi connectivity index (χ1) is 8.38. The normalized spacial score (nSPS) is 27.2. The van der Waals surface area contributed by atoms with Crippen molar-refractivity contribution in [2.45, 2.75) is 65.3 Å². The molecule has 2 rings (SSSR count). The molecule has 1 aliphatic rings. The van der Waals surface area contributed by atoms with Crippen LogP contribution in [0.5, 0.6) is 0 Å². The maximum absolute atomic E-state index is 6.15. The van der Waals surface area contributed by atoms with Crippen LogP contribution < -0.4 is 5.73 Å². The zero-order valence-corrected chi connectivity index (χ0v) is 11.9. The van der Waals surface area contributed by atoms with Crippen molar-refractivity contribution in [2.75, 3.05) is 0 Å². The van der Waals surface area contributed by atoms with Crippen molar-refractivity contribution >= 4 is 0 Å². The summed E-state index contributed by atoms with van der Waals surface area (Å²) in [6.07, 6.45) is 4.93. The van der Waals surface area contributed by atoms with Crippen molar-refractivity contribution < 1.29 is 4.52 Å². The molecule has 0 amide bonds. The molecule has 3 atom stereocenters. The van der Waals surface area contributed by atoms with Crippen LogP contribution in [0.15, 0.2) is 4.52 Å². The summed E-state index contributed by atoms with van der Waals surface area (Å²) in [6, 6.07) is -0.195. The van der Waals surface area contributed by atoms with Crippen molar-refractivity contribution in [1.29, 1.82) is 0 Å². The van der Waals surface area contributed by atoms with Crippen molar-refractivity contribution in [1.82, 2.24) is 10.1 Å². The van der Waals surface area contributed by atoms with Gasteiger partial charge in [0.25, 0.3) is 0 Å². The molecular weight excluding hydrogens is 226 g/mol. The molecule has 1 aromatic rings. The topological polar surface area (TPSA) is 64.9 Å². The molecule has 4 heteroatoms. The van der Waals surface area contributed by atoms with Crippen molar-refractivity contribution in [3.05, 3.63) is 11.7 Å². The lowest BCUT2D eigenvalue weighted by atomic mass is 9.82. The predicted molar refractivity (Wildman–Crippen MR) is 71.1 cm³/mol. The number of hydrogen-bond donors (Lipinski definition) is 1. The van der Waals surface area contributed by atoms with E-state index in [2.05, 4.69) is 37.8 Å². The lowest BCUT2D eigenvalue weighted by molar-refractivity contribution is 0.251. The Morgan fingerprint density at radius 3 is 2.67 bits per heavy atom. The van der Waals surface area contributed by atoms with Crippen LogP contribution in [0.3, 0.4) is 0 Å². The second-order valence-electron chi connectivity index (χ2n) is 6.80. The summed E-state index contributed by atoms with van der Waals surface area (Å²) in [5.74, 6) is 2.66. The Kier molecular flexibility index (Phi) is 3.76. The van der Waals surface area contributed by atoms with Crippen LogP contribution in [0.2, 0.25) is 0 Å². The number of nitrogens with two attached hydrogens (primary N) is 1. The molecule has 0 aromatic carbocycles. The van der Waals surface area contributed by atoms with Gasteiger partial charge in [-0.2, -0.15) is 4.98 Å². The third-order valence-electron chi connectivity index (χ3n) is 3.96. The van der Waals surface area contributed by atoms with E-state index in [-0.39, 0.29) is 11.5 Å².